The molecule has 0 aromatic carbocycles. The number of hydrogen-bond donors (Lipinski definition) is 3. The van der Waals surface area contributed by atoms with Crippen LogP contribution >= 0.6 is 0 Å². The van der Waals surface area contributed by atoms with Crippen molar-refractivity contribution >= 4 is 11.8 Å². The summed E-state index contributed by atoms with van der Waals surface area (Å²) in [5, 5.41) is 15.4. The lowest BCUT2D eigenvalue weighted by atomic mass is 10.2. The van der Waals surface area contributed by atoms with Gasteiger partial charge in [0.05, 0.1) is 12.1 Å². The number of aromatic nitrogens is 4. The Hall–Kier alpha value is -2.81. The van der Waals surface area contributed by atoms with Crippen LogP contribution in [0.2, 0.25) is 0 Å². The fraction of sp³-hybridized carbons (Fsp3) is 0.182. The van der Waals surface area contributed by atoms with E-state index in [2.05, 4.69) is 20.4 Å². The van der Waals surface area contributed by atoms with Gasteiger partial charge in [-0.25, -0.2) is 14.6 Å². The SMILES string of the molecule is NC(=O)C(O)CNC(=O)c1ccc(-n2cncn2)nc1. The third kappa shape index (κ3) is 3.14. The normalized spacial score (nSPS) is 11.8. The van der Waals surface area contributed by atoms with Crippen LogP contribution in [0.4, 0.5) is 0 Å². The summed E-state index contributed by atoms with van der Waals surface area (Å²) in [5.74, 6) is -0.857. The molecule has 1 unspecified atom stereocenters. The highest BCUT2D eigenvalue weighted by Gasteiger charge is 2.13. The molecule has 104 valence electrons. The van der Waals surface area contributed by atoms with E-state index in [1.807, 2.05) is 0 Å². The molecule has 9 heteroatoms. The number of amides is 2. The second-order valence-corrected chi connectivity index (χ2v) is 3.87. The molecule has 0 aliphatic heterocycles. The number of carbonyl (C=O) groups excluding carboxylic acids is 2. The van der Waals surface area contributed by atoms with E-state index in [4.69, 9.17) is 10.8 Å². The molecule has 2 heterocycles. The van der Waals surface area contributed by atoms with Crippen molar-refractivity contribution < 1.29 is 14.7 Å². The molecule has 0 saturated carbocycles. The number of pyridine rings is 1. The van der Waals surface area contributed by atoms with Gasteiger partial charge in [-0.05, 0) is 12.1 Å². The van der Waals surface area contributed by atoms with Gasteiger partial charge in [0.2, 0.25) is 5.91 Å². The predicted octanol–water partition coefficient (Wildman–Crippen LogP) is -1.76. The third-order valence-electron chi connectivity index (χ3n) is 2.45. The minimum Gasteiger partial charge on any atom is -0.381 e. The quantitative estimate of drug-likeness (QED) is 0.591. The van der Waals surface area contributed by atoms with Crippen molar-refractivity contribution in [1.29, 1.82) is 0 Å². The van der Waals surface area contributed by atoms with Gasteiger partial charge in [-0.1, -0.05) is 0 Å². The smallest absolute Gasteiger partial charge is 0.252 e. The highest BCUT2D eigenvalue weighted by Crippen LogP contribution is 2.03. The average Bonchev–Trinajstić information content (AvgIpc) is 2.98. The number of primary amides is 1. The van der Waals surface area contributed by atoms with Crippen LogP contribution in [-0.4, -0.2) is 49.3 Å². The van der Waals surface area contributed by atoms with E-state index in [1.165, 1.54) is 29.6 Å². The first kappa shape index (κ1) is 13.6. The lowest BCUT2D eigenvalue weighted by Crippen LogP contribution is -2.40. The number of nitrogens with two attached hydrogens (primary N) is 1. The maximum Gasteiger partial charge on any atom is 0.252 e. The Kier molecular flexibility index (Phi) is 4.01. The number of carbonyl (C=O) groups is 2. The van der Waals surface area contributed by atoms with Gasteiger partial charge in [0, 0.05) is 6.20 Å². The van der Waals surface area contributed by atoms with Crippen molar-refractivity contribution in [2.45, 2.75) is 6.10 Å². The fourth-order valence-electron chi connectivity index (χ4n) is 1.37. The summed E-state index contributed by atoms with van der Waals surface area (Å²) < 4.78 is 1.44. The van der Waals surface area contributed by atoms with Crippen LogP contribution in [0.25, 0.3) is 5.82 Å². The topological polar surface area (TPSA) is 136 Å². The summed E-state index contributed by atoms with van der Waals surface area (Å²) in [6.45, 7) is -0.251. The van der Waals surface area contributed by atoms with Gasteiger partial charge in [-0.15, -0.1) is 0 Å². The minimum absolute atomic E-state index is 0.251. The summed E-state index contributed by atoms with van der Waals surface area (Å²) in [5.41, 5.74) is 5.15. The lowest BCUT2D eigenvalue weighted by molar-refractivity contribution is -0.125. The standard InChI is InChI=1S/C11H12N6O3/c12-10(19)8(18)4-15-11(20)7-1-2-9(14-3-7)17-6-13-5-16-17/h1-3,5-6,8,18H,4H2,(H2,12,19)(H,15,20). The molecule has 2 aromatic rings. The summed E-state index contributed by atoms with van der Waals surface area (Å²) in [4.78, 5) is 30.2. The van der Waals surface area contributed by atoms with Crippen molar-refractivity contribution in [3.8, 4) is 5.82 Å². The van der Waals surface area contributed by atoms with Gasteiger partial charge in [0.15, 0.2) is 5.82 Å². The van der Waals surface area contributed by atoms with Crippen LogP contribution < -0.4 is 11.1 Å². The zero-order valence-electron chi connectivity index (χ0n) is 10.3. The first-order valence-corrected chi connectivity index (χ1v) is 5.64. The molecule has 4 N–H and O–H groups in total. The maximum atomic E-state index is 11.7. The molecule has 2 amide bonds. The second-order valence-electron chi connectivity index (χ2n) is 3.87. The second kappa shape index (κ2) is 5.89. The van der Waals surface area contributed by atoms with Crippen molar-refractivity contribution in [3.63, 3.8) is 0 Å². The summed E-state index contributed by atoms with van der Waals surface area (Å²) >= 11 is 0. The minimum atomic E-state index is -1.42. The molecule has 0 aliphatic carbocycles. The molecule has 0 saturated heterocycles. The van der Waals surface area contributed by atoms with Crippen molar-refractivity contribution in [2.24, 2.45) is 5.73 Å². The summed E-state index contributed by atoms with van der Waals surface area (Å²) in [6, 6.07) is 3.13. The summed E-state index contributed by atoms with van der Waals surface area (Å²) in [7, 11) is 0. The van der Waals surface area contributed by atoms with E-state index in [-0.39, 0.29) is 12.1 Å². The molecule has 0 bridgehead atoms. The van der Waals surface area contributed by atoms with Gasteiger partial charge in [-0.2, -0.15) is 5.10 Å². The molecule has 0 fully saturated rings. The van der Waals surface area contributed by atoms with Gasteiger partial charge in [-0.3, -0.25) is 9.59 Å². The van der Waals surface area contributed by atoms with E-state index < -0.39 is 17.9 Å². The number of rotatable bonds is 5. The van der Waals surface area contributed by atoms with Gasteiger partial charge in [0.1, 0.15) is 18.8 Å². The molecule has 0 radical (unpaired) electrons. The zero-order valence-corrected chi connectivity index (χ0v) is 10.3. The van der Waals surface area contributed by atoms with Crippen molar-refractivity contribution in [2.75, 3.05) is 6.54 Å². The van der Waals surface area contributed by atoms with E-state index in [0.29, 0.717) is 5.82 Å². The number of aliphatic hydroxyl groups is 1. The predicted molar refractivity (Wildman–Crippen MR) is 66.7 cm³/mol. The van der Waals surface area contributed by atoms with Gasteiger partial charge >= 0.3 is 0 Å². The molecule has 2 aromatic heterocycles. The van der Waals surface area contributed by atoms with E-state index in [9.17, 15) is 9.59 Å². The number of hydrogen-bond acceptors (Lipinski definition) is 6. The van der Waals surface area contributed by atoms with Crippen LogP contribution in [0.5, 0.6) is 0 Å². The van der Waals surface area contributed by atoms with Crippen molar-refractivity contribution in [1.82, 2.24) is 25.1 Å². The van der Waals surface area contributed by atoms with Crippen LogP contribution in [0.15, 0.2) is 31.0 Å². The van der Waals surface area contributed by atoms with E-state index >= 15 is 0 Å². The molecule has 1 atom stereocenters. The zero-order chi connectivity index (χ0) is 14.5. The Balaban J connectivity index is 1.99. The first-order chi connectivity index (χ1) is 9.58. The van der Waals surface area contributed by atoms with Crippen LogP contribution in [-0.2, 0) is 4.79 Å². The van der Waals surface area contributed by atoms with Gasteiger partial charge < -0.3 is 16.2 Å². The molecular weight excluding hydrogens is 264 g/mol. The Morgan fingerprint density at radius 3 is 2.80 bits per heavy atom. The lowest BCUT2D eigenvalue weighted by Gasteiger charge is -2.08. The number of aliphatic hydroxyl groups excluding tert-OH is 1. The number of nitrogens with one attached hydrogen (secondary N) is 1. The largest absolute Gasteiger partial charge is 0.381 e. The van der Waals surface area contributed by atoms with Crippen LogP contribution in [0.3, 0.4) is 0 Å². The molecule has 0 aliphatic rings. The van der Waals surface area contributed by atoms with Crippen molar-refractivity contribution in [3.05, 3.63) is 36.5 Å². The molecule has 9 nitrogen and oxygen atoms in total. The highest BCUT2D eigenvalue weighted by molar-refractivity contribution is 5.94. The molecule has 20 heavy (non-hydrogen) atoms. The molecular formula is C11H12N6O3. The first-order valence-electron chi connectivity index (χ1n) is 5.64. The fourth-order valence-corrected chi connectivity index (χ4v) is 1.37. The Morgan fingerprint density at radius 1 is 1.45 bits per heavy atom. The Bertz CT molecular complexity index is 595. The molecule has 0 spiro atoms. The van der Waals surface area contributed by atoms with Crippen LogP contribution in [0.1, 0.15) is 10.4 Å². The Morgan fingerprint density at radius 2 is 2.25 bits per heavy atom. The van der Waals surface area contributed by atoms with E-state index in [1.54, 1.807) is 6.07 Å². The van der Waals surface area contributed by atoms with E-state index in [0.717, 1.165) is 0 Å². The number of nitrogens with zero attached hydrogens (tertiary/aromatic N) is 4. The highest BCUT2D eigenvalue weighted by atomic mass is 16.3. The van der Waals surface area contributed by atoms with Crippen LogP contribution in [0, 0.1) is 0 Å². The van der Waals surface area contributed by atoms with Gasteiger partial charge in [0.25, 0.3) is 5.91 Å². The average molecular weight is 276 g/mol. The monoisotopic (exact) mass is 276 g/mol. The maximum absolute atomic E-state index is 11.7. The Labute approximate surface area is 113 Å². The molecule has 2 rings (SSSR count). The summed E-state index contributed by atoms with van der Waals surface area (Å²) in [6.07, 6.45) is 2.78. The third-order valence-corrected chi connectivity index (χ3v) is 2.45.